The molecule has 0 bridgehead atoms. The first-order valence-corrected chi connectivity index (χ1v) is 7.03. The number of carbonyl (C=O) groups is 1. The van der Waals surface area contributed by atoms with Crippen molar-refractivity contribution in [3.8, 4) is 0 Å². The second kappa shape index (κ2) is 8.87. The van der Waals surface area contributed by atoms with Crippen LogP contribution in [0.3, 0.4) is 0 Å². The number of carbonyl (C=O) groups excluding carboxylic acids is 1. The standard InChI is InChI=1S/C14H17N3OS.2ClH/c1-9(2)12-8-19-13(17-12)7-16-14(18)10-5-3-4-6-11(10)15;;/h3-6,8-9H,7,15H2,1-2H3,(H,16,18);2*1H. The molecule has 0 aliphatic heterocycles. The van der Waals surface area contributed by atoms with Crippen molar-refractivity contribution in [1.82, 2.24) is 10.3 Å². The average molecular weight is 348 g/mol. The summed E-state index contributed by atoms with van der Waals surface area (Å²) in [7, 11) is 0. The van der Waals surface area contributed by atoms with Gasteiger partial charge in [-0.15, -0.1) is 36.2 Å². The van der Waals surface area contributed by atoms with Crippen LogP contribution in [0.1, 0.15) is 40.8 Å². The van der Waals surface area contributed by atoms with Crippen LogP contribution in [0.2, 0.25) is 0 Å². The zero-order chi connectivity index (χ0) is 13.8. The van der Waals surface area contributed by atoms with E-state index in [-0.39, 0.29) is 30.7 Å². The molecule has 0 radical (unpaired) electrons. The van der Waals surface area contributed by atoms with Crippen molar-refractivity contribution in [3.63, 3.8) is 0 Å². The van der Waals surface area contributed by atoms with Gasteiger partial charge in [-0.25, -0.2) is 4.98 Å². The number of hydrogen-bond donors (Lipinski definition) is 2. The van der Waals surface area contributed by atoms with Crippen LogP contribution in [0.4, 0.5) is 5.69 Å². The Morgan fingerprint density at radius 1 is 1.33 bits per heavy atom. The molecule has 0 fully saturated rings. The van der Waals surface area contributed by atoms with Crippen LogP contribution < -0.4 is 11.1 Å². The van der Waals surface area contributed by atoms with Gasteiger partial charge in [0.1, 0.15) is 5.01 Å². The summed E-state index contributed by atoms with van der Waals surface area (Å²) in [4.78, 5) is 16.4. The number of amides is 1. The summed E-state index contributed by atoms with van der Waals surface area (Å²) < 4.78 is 0. The second-order valence-corrected chi connectivity index (χ2v) is 5.53. The summed E-state index contributed by atoms with van der Waals surface area (Å²) in [6, 6.07) is 7.04. The van der Waals surface area contributed by atoms with Gasteiger partial charge in [-0.3, -0.25) is 4.79 Å². The molecule has 0 saturated heterocycles. The summed E-state index contributed by atoms with van der Waals surface area (Å²) in [5, 5.41) is 5.78. The van der Waals surface area contributed by atoms with Gasteiger partial charge in [0, 0.05) is 11.1 Å². The number of nitrogens with zero attached hydrogens (tertiary/aromatic N) is 1. The van der Waals surface area contributed by atoms with E-state index in [9.17, 15) is 4.79 Å². The van der Waals surface area contributed by atoms with Crippen molar-refractivity contribution in [2.24, 2.45) is 0 Å². The molecular formula is C14H19Cl2N3OS. The molecule has 0 unspecified atom stereocenters. The van der Waals surface area contributed by atoms with Gasteiger partial charge in [-0.2, -0.15) is 0 Å². The van der Waals surface area contributed by atoms with E-state index in [4.69, 9.17) is 5.73 Å². The first kappa shape index (κ1) is 19.7. The zero-order valence-corrected chi connectivity index (χ0v) is 14.3. The number of halogens is 2. The van der Waals surface area contributed by atoms with Crippen LogP contribution in [0.5, 0.6) is 0 Å². The van der Waals surface area contributed by atoms with E-state index >= 15 is 0 Å². The molecule has 1 heterocycles. The van der Waals surface area contributed by atoms with E-state index in [2.05, 4.69) is 24.1 Å². The lowest BCUT2D eigenvalue weighted by Crippen LogP contribution is -2.23. The Morgan fingerprint density at radius 3 is 2.57 bits per heavy atom. The van der Waals surface area contributed by atoms with Gasteiger partial charge >= 0.3 is 0 Å². The van der Waals surface area contributed by atoms with E-state index in [1.807, 2.05) is 11.4 Å². The van der Waals surface area contributed by atoms with E-state index < -0.39 is 0 Å². The molecule has 0 atom stereocenters. The van der Waals surface area contributed by atoms with Gasteiger partial charge in [0.15, 0.2) is 0 Å². The van der Waals surface area contributed by atoms with Crippen LogP contribution in [-0.2, 0) is 6.54 Å². The Bertz CT molecular complexity index is 587. The summed E-state index contributed by atoms with van der Waals surface area (Å²) in [5.41, 5.74) is 7.81. The normalized spacial score (nSPS) is 9.67. The molecule has 2 aromatic rings. The zero-order valence-electron chi connectivity index (χ0n) is 11.8. The molecule has 1 amide bonds. The lowest BCUT2D eigenvalue weighted by molar-refractivity contribution is 0.0951. The summed E-state index contributed by atoms with van der Waals surface area (Å²) in [6.45, 7) is 4.63. The van der Waals surface area contributed by atoms with Gasteiger partial charge in [0.05, 0.1) is 17.8 Å². The minimum Gasteiger partial charge on any atom is -0.398 e. The van der Waals surface area contributed by atoms with Crippen LogP contribution in [-0.4, -0.2) is 10.9 Å². The fraction of sp³-hybridized carbons (Fsp3) is 0.286. The molecule has 2 rings (SSSR count). The Hall–Kier alpha value is -1.30. The number of para-hydroxylation sites is 1. The highest BCUT2D eigenvalue weighted by Gasteiger charge is 2.10. The molecule has 4 nitrogen and oxygen atoms in total. The molecule has 0 saturated carbocycles. The van der Waals surface area contributed by atoms with E-state index in [1.54, 1.807) is 29.5 Å². The topological polar surface area (TPSA) is 68.0 Å². The third-order valence-corrected chi connectivity index (χ3v) is 3.63. The van der Waals surface area contributed by atoms with Gasteiger partial charge in [0.2, 0.25) is 0 Å². The minimum atomic E-state index is -0.167. The second-order valence-electron chi connectivity index (χ2n) is 4.59. The summed E-state index contributed by atoms with van der Waals surface area (Å²) >= 11 is 1.56. The maximum atomic E-state index is 12.0. The highest BCUT2D eigenvalue weighted by atomic mass is 35.5. The fourth-order valence-electron chi connectivity index (χ4n) is 1.63. The van der Waals surface area contributed by atoms with E-state index in [1.165, 1.54) is 0 Å². The number of nitrogens with one attached hydrogen (secondary N) is 1. The van der Waals surface area contributed by atoms with Crippen molar-refractivity contribution >= 4 is 47.7 Å². The van der Waals surface area contributed by atoms with Crippen LogP contribution in [0.15, 0.2) is 29.6 Å². The molecule has 1 aromatic carbocycles. The molecule has 0 aliphatic rings. The Labute approximate surface area is 141 Å². The van der Waals surface area contributed by atoms with Gasteiger partial charge in [0.25, 0.3) is 5.91 Å². The highest BCUT2D eigenvalue weighted by Crippen LogP contribution is 2.18. The predicted molar refractivity (Wildman–Crippen MR) is 92.7 cm³/mol. The lowest BCUT2D eigenvalue weighted by Gasteiger charge is -2.05. The molecule has 0 spiro atoms. The van der Waals surface area contributed by atoms with Gasteiger partial charge in [-0.05, 0) is 18.1 Å². The summed E-state index contributed by atoms with van der Waals surface area (Å²) in [5.74, 6) is 0.241. The third-order valence-electron chi connectivity index (χ3n) is 2.77. The lowest BCUT2D eigenvalue weighted by atomic mass is 10.1. The third kappa shape index (κ3) is 5.19. The maximum absolute atomic E-state index is 12.0. The van der Waals surface area contributed by atoms with Crippen molar-refractivity contribution in [2.75, 3.05) is 5.73 Å². The number of thiazole rings is 1. The van der Waals surface area contributed by atoms with Crippen molar-refractivity contribution in [1.29, 1.82) is 0 Å². The monoisotopic (exact) mass is 347 g/mol. The number of rotatable bonds is 4. The quantitative estimate of drug-likeness (QED) is 0.829. The first-order valence-electron chi connectivity index (χ1n) is 6.15. The molecule has 21 heavy (non-hydrogen) atoms. The number of nitrogen functional groups attached to an aromatic ring is 1. The summed E-state index contributed by atoms with van der Waals surface area (Å²) in [6.07, 6.45) is 0. The highest BCUT2D eigenvalue weighted by molar-refractivity contribution is 7.09. The van der Waals surface area contributed by atoms with E-state index in [0.717, 1.165) is 10.7 Å². The Balaban J connectivity index is 0.00000200. The minimum absolute atomic E-state index is 0. The predicted octanol–water partition coefficient (Wildman–Crippen LogP) is 3.62. The molecule has 3 N–H and O–H groups in total. The average Bonchev–Trinajstić information content (AvgIpc) is 2.85. The van der Waals surface area contributed by atoms with Crippen LogP contribution >= 0.6 is 36.2 Å². The number of benzene rings is 1. The number of hydrogen-bond acceptors (Lipinski definition) is 4. The fourth-order valence-corrected chi connectivity index (χ4v) is 2.52. The Morgan fingerprint density at radius 2 is 2.00 bits per heavy atom. The van der Waals surface area contributed by atoms with Crippen LogP contribution in [0, 0.1) is 0 Å². The van der Waals surface area contributed by atoms with Crippen molar-refractivity contribution in [2.45, 2.75) is 26.3 Å². The van der Waals surface area contributed by atoms with Gasteiger partial charge < -0.3 is 11.1 Å². The van der Waals surface area contributed by atoms with E-state index in [0.29, 0.717) is 23.7 Å². The Kier molecular flexibility index (Phi) is 8.32. The number of anilines is 1. The SMILES string of the molecule is CC(C)c1csc(CNC(=O)c2ccccc2N)n1.Cl.Cl. The van der Waals surface area contributed by atoms with Crippen molar-refractivity contribution < 1.29 is 4.79 Å². The molecular weight excluding hydrogens is 329 g/mol. The smallest absolute Gasteiger partial charge is 0.253 e. The van der Waals surface area contributed by atoms with Crippen LogP contribution in [0.25, 0.3) is 0 Å². The molecule has 0 aliphatic carbocycles. The van der Waals surface area contributed by atoms with Gasteiger partial charge in [-0.1, -0.05) is 26.0 Å². The number of nitrogens with two attached hydrogens (primary N) is 1. The maximum Gasteiger partial charge on any atom is 0.253 e. The van der Waals surface area contributed by atoms with Crippen molar-refractivity contribution in [3.05, 3.63) is 45.9 Å². The molecule has 116 valence electrons. The first-order chi connectivity index (χ1) is 9.08. The molecule has 7 heteroatoms. The number of aromatic nitrogens is 1. The molecule has 1 aromatic heterocycles. The largest absolute Gasteiger partial charge is 0.398 e.